The van der Waals surface area contributed by atoms with Crippen molar-refractivity contribution in [1.82, 2.24) is 0 Å². The molecule has 0 saturated heterocycles. The first kappa shape index (κ1) is 10.4. The first-order valence-electron chi connectivity index (χ1n) is 4.14. The second-order valence-electron chi connectivity index (χ2n) is 3.10. The third-order valence-electron chi connectivity index (χ3n) is 2.08. The largest absolute Gasteiger partial charge is 0.295 e. The topological polar surface area (TPSA) is 54.4 Å². The normalized spacial score (nSPS) is 11.9. The summed E-state index contributed by atoms with van der Waals surface area (Å²) < 4.78 is 31.1. The Morgan fingerprint density at radius 1 is 1.13 bits per heavy atom. The number of fused-ring (bicyclic) bond motifs is 1. The molecule has 2 aromatic rings. The molecule has 0 heterocycles. The van der Waals surface area contributed by atoms with Gasteiger partial charge in [-0.25, -0.2) is 0 Å². The van der Waals surface area contributed by atoms with Crippen LogP contribution in [0.25, 0.3) is 10.8 Å². The summed E-state index contributed by atoms with van der Waals surface area (Å²) in [6.07, 6.45) is 0. The lowest BCUT2D eigenvalue weighted by molar-refractivity contribution is 0.484. The van der Waals surface area contributed by atoms with Gasteiger partial charge in [0.05, 0.1) is 0 Å². The van der Waals surface area contributed by atoms with E-state index in [0.29, 0.717) is 15.8 Å². The molecule has 0 spiro atoms. The summed E-state index contributed by atoms with van der Waals surface area (Å²) in [5.74, 6) is 0. The average molecular weight is 243 g/mol. The van der Waals surface area contributed by atoms with E-state index in [-0.39, 0.29) is 4.90 Å². The molecule has 0 atom stereocenters. The van der Waals surface area contributed by atoms with Gasteiger partial charge in [-0.3, -0.25) is 4.55 Å². The van der Waals surface area contributed by atoms with E-state index in [4.69, 9.17) is 16.2 Å². The third-order valence-corrected chi connectivity index (χ3v) is 3.23. The zero-order chi connectivity index (χ0) is 11.1. The fraction of sp³-hybridized carbons (Fsp3) is 0. The minimum absolute atomic E-state index is 0.100. The smallest absolute Gasteiger partial charge is 0.282 e. The number of benzene rings is 2. The molecule has 3 nitrogen and oxygen atoms in total. The maximum absolute atomic E-state index is 11.1. The first-order valence-corrected chi connectivity index (χ1v) is 5.96. The van der Waals surface area contributed by atoms with Crippen LogP contribution in [0.4, 0.5) is 0 Å². The molecule has 78 valence electrons. The second kappa shape index (κ2) is 3.48. The summed E-state index contributed by atoms with van der Waals surface area (Å²) in [7, 11) is -4.19. The van der Waals surface area contributed by atoms with Crippen LogP contribution in [0, 0.1) is 0 Å². The van der Waals surface area contributed by atoms with Gasteiger partial charge in [-0.15, -0.1) is 0 Å². The van der Waals surface area contributed by atoms with Crippen molar-refractivity contribution in [3.05, 3.63) is 41.4 Å². The van der Waals surface area contributed by atoms with Crippen molar-refractivity contribution in [3.8, 4) is 0 Å². The van der Waals surface area contributed by atoms with Crippen molar-refractivity contribution in [2.75, 3.05) is 0 Å². The Kier molecular flexibility index (Phi) is 2.42. The van der Waals surface area contributed by atoms with Gasteiger partial charge in [0.2, 0.25) is 0 Å². The average Bonchev–Trinajstić information content (AvgIpc) is 2.15. The van der Waals surface area contributed by atoms with Crippen molar-refractivity contribution in [1.29, 1.82) is 0 Å². The molecular formula is C10H7ClO3S. The molecule has 15 heavy (non-hydrogen) atoms. The summed E-state index contributed by atoms with van der Waals surface area (Å²) in [4.78, 5) is -0.100. The molecule has 0 aromatic heterocycles. The van der Waals surface area contributed by atoms with E-state index in [0.717, 1.165) is 0 Å². The van der Waals surface area contributed by atoms with E-state index in [1.165, 1.54) is 6.07 Å². The predicted octanol–water partition coefficient (Wildman–Crippen LogP) is 2.74. The van der Waals surface area contributed by atoms with Crippen molar-refractivity contribution in [2.45, 2.75) is 4.90 Å². The maximum Gasteiger partial charge on any atom is 0.295 e. The minimum Gasteiger partial charge on any atom is -0.282 e. The molecule has 0 unspecified atom stereocenters. The number of halogens is 1. The number of rotatable bonds is 1. The van der Waals surface area contributed by atoms with Gasteiger partial charge in [0.1, 0.15) is 4.90 Å². The van der Waals surface area contributed by atoms with E-state index in [9.17, 15) is 8.42 Å². The van der Waals surface area contributed by atoms with Crippen LogP contribution in [0.1, 0.15) is 0 Å². The Morgan fingerprint density at radius 3 is 2.53 bits per heavy atom. The summed E-state index contributed by atoms with van der Waals surface area (Å²) >= 11 is 5.77. The molecule has 5 heteroatoms. The van der Waals surface area contributed by atoms with Crippen LogP contribution in [-0.2, 0) is 10.1 Å². The lowest BCUT2D eigenvalue weighted by Crippen LogP contribution is -1.98. The van der Waals surface area contributed by atoms with Crippen molar-refractivity contribution in [3.63, 3.8) is 0 Å². The molecular weight excluding hydrogens is 236 g/mol. The number of hydrogen-bond acceptors (Lipinski definition) is 2. The van der Waals surface area contributed by atoms with Gasteiger partial charge in [-0.1, -0.05) is 29.8 Å². The first-order chi connectivity index (χ1) is 6.98. The Morgan fingerprint density at radius 2 is 1.87 bits per heavy atom. The highest BCUT2D eigenvalue weighted by molar-refractivity contribution is 7.86. The van der Waals surface area contributed by atoms with Gasteiger partial charge >= 0.3 is 0 Å². The Balaban J connectivity index is 2.89. The van der Waals surface area contributed by atoms with Crippen LogP contribution < -0.4 is 0 Å². The molecule has 0 fully saturated rings. The van der Waals surface area contributed by atoms with Crippen LogP contribution in [0.15, 0.2) is 41.3 Å². The van der Waals surface area contributed by atoms with Gasteiger partial charge in [0, 0.05) is 10.4 Å². The van der Waals surface area contributed by atoms with Gasteiger partial charge in [-0.05, 0) is 23.6 Å². The second-order valence-corrected chi connectivity index (χ2v) is 4.92. The van der Waals surface area contributed by atoms with Crippen LogP contribution in [0.5, 0.6) is 0 Å². The fourth-order valence-corrected chi connectivity index (χ4v) is 2.34. The van der Waals surface area contributed by atoms with E-state index < -0.39 is 10.1 Å². The summed E-state index contributed by atoms with van der Waals surface area (Å²) in [6.45, 7) is 0. The van der Waals surface area contributed by atoms with Crippen LogP contribution in [0.2, 0.25) is 5.02 Å². The van der Waals surface area contributed by atoms with Gasteiger partial charge in [0.15, 0.2) is 0 Å². The Hall–Kier alpha value is -1.10. The van der Waals surface area contributed by atoms with Crippen LogP contribution in [0.3, 0.4) is 0 Å². The van der Waals surface area contributed by atoms with E-state index >= 15 is 0 Å². The standard InChI is InChI=1S/C10H7ClO3S/c11-8-4-5-9-7(6-8)2-1-3-10(9)15(12,13)14/h1-6H,(H,12,13,14). The molecule has 0 amide bonds. The lowest BCUT2D eigenvalue weighted by Gasteiger charge is -2.03. The highest BCUT2D eigenvalue weighted by Gasteiger charge is 2.12. The molecule has 0 aliphatic heterocycles. The Bertz CT molecular complexity index is 620. The molecule has 0 bridgehead atoms. The number of hydrogen-bond donors (Lipinski definition) is 1. The summed E-state index contributed by atoms with van der Waals surface area (Å²) in [6, 6.07) is 9.44. The van der Waals surface area contributed by atoms with Crippen molar-refractivity contribution >= 4 is 32.5 Å². The SMILES string of the molecule is O=S(=O)(O)c1cccc2cc(Cl)ccc12. The van der Waals surface area contributed by atoms with E-state index in [2.05, 4.69) is 0 Å². The molecule has 2 rings (SSSR count). The lowest BCUT2D eigenvalue weighted by atomic mass is 10.1. The van der Waals surface area contributed by atoms with Crippen LogP contribution >= 0.6 is 11.6 Å². The van der Waals surface area contributed by atoms with E-state index in [1.807, 2.05) is 0 Å². The van der Waals surface area contributed by atoms with E-state index in [1.54, 1.807) is 30.3 Å². The van der Waals surface area contributed by atoms with Gasteiger partial charge < -0.3 is 0 Å². The quantitative estimate of drug-likeness (QED) is 0.783. The van der Waals surface area contributed by atoms with Crippen LogP contribution in [-0.4, -0.2) is 13.0 Å². The molecule has 0 aliphatic rings. The molecule has 0 aliphatic carbocycles. The van der Waals surface area contributed by atoms with Crippen molar-refractivity contribution < 1.29 is 13.0 Å². The monoisotopic (exact) mass is 242 g/mol. The maximum atomic E-state index is 11.1. The van der Waals surface area contributed by atoms with Gasteiger partial charge in [0.25, 0.3) is 10.1 Å². The molecule has 0 radical (unpaired) electrons. The molecule has 1 N–H and O–H groups in total. The summed E-state index contributed by atoms with van der Waals surface area (Å²) in [5, 5.41) is 1.66. The predicted molar refractivity (Wildman–Crippen MR) is 58.8 cm³/mol. The fourth-order valence-electron chi connectivity index (χ4n) is 1.45. The highest BCUT2D eigenvalue weighted by atomic mass is 35.5. The zero-order valence-corrected chi connectivity index (χ0v) is 9.09. The molecule has 2 aromatic carbocycles. The minimum atomic E-state index is -4.19. The third kappa shape index (κ3) is 1.97. The van der Waals surface area contributed by atoms with Crippen molar-refractivity contribution in [2.24, 2.45) is 0 Å². The van der Waals surface area contributed by atoms with Gasteiger partial charge in [-0.2, -0.15) is 8.42 Å². The summed E-state index contributed by atoms with van der Waals surface area (Å²) in [5.41, 5.74) is 0. The zero-order valence-electron chi connectivity index (χ0n) is 7.51. The molecule has 0 saturated carbocycles. The Labute approximate surface area is 92.0 Å². The highest BCUT2D eigenvalue weighted by Crippen LogP contribution is 2.25.